The Kier molecular flexibility index (Phi) is 3.40. The van der Waals surface area contributed by atoms with Crippen molar-refractivity contribution in [1.82, 2.24) is 0 Å². The Morgan fingerprint density at radius 3 is 2.00 bits per heavy atom. The Labute approximate surface area is 76.8 Å². The minimum atomic E-state index is -3.97. The van der Waals surface area contributed by atoms with E-state index in [1.807, 2.05) is 19.1 Å². The average molecular weight is 192 g/mol. The molecule has 0 N–H and O–H groups in total. The van der Waals surface area contributed by atoms with E-state index in [2.05, 4.69) is 0 Å². The van der Waals surface area contributed by atoms with E-state index in [-0.39, 0.29) is 0 Å². The molecule has 76 valence electrons. The van der Waals surface area contributed by atoms with Crippen molar-refractivity contribution >= 4 is 0 Å². The van der Waals surface area contributed by atoms with E-state index in [4.69, 9.17) is 0 Å². The molecule has 0 aliphatic heterocycles. The number of hydrogen-bond donors (Lipinski definition) is 0. The maximum Gasteiger partial charge on any atom is 0.391 e. The van der Waals surface area contributed by atoms with Crippen LogP contribution in [0.2, 0.25) is 0 Å². The van der Waals surface area contributed by atoms with E-state index in [0.717, 1.165) is 0 Å². The van der Waals surface area contributed by atoms with E-state index in [1.54, 1.807) is 0 Å². The van der Waals surface area contributed by atoms with E-state index in [1.165, 1.54) is 0 Å². The van der Waals surface area contributed by atoms with Gasteiger partial charge >= 0.3 is 6.18 Å². The van der Waals surface area contributed by atoms with Crippen LogP contribution in [0, 0.1) is 11.8 Å². The lowest BCUT2D eigenvalue weighted by Gasteiger charge is -2.28. The molecule has 13 heavy (non-hydrogen) atoms. The predicted octanol–water partition coefficient (Wildman–Crippen LogP) is 3.93. The lowest BCUT2D eigenvalue weighted by Crippen LogP contribution is -2.27. The second-order valence-electron chi connectivity index (χ2n) is 3.68. The molecule has 1 rings (SSSR count). The molecule has 0 aromatic heterocycles. The Balaban J connectivity index is 2.39. The van der Waals surface area contributed by atoms with Crippen LogP contribution in [0.15, 0.2) is 12.2 Å². The predicted molar refractivity (Wildman–Crippen MR) is 46.3 cm³/mol. The van der Waals surface area contributed by atoms with Crippen LogP contribution in [0.1, 0.15) is 32.6 Å². The summed E-state index contributed by atoms with van der Waals surface area (Å²) < 4.78 is 36.7. The maximum atomic E-state index is 12.2. The topological polar surface area (TPSA) is 0 Å². The summed E-state index contributed by atoms with van der Waals surface area (Å²) in [4.78, 5) is 0. The normalized spacial score (nSPS) is 31.1. The van der Waals surface area contributed by atoms with Gasteiger partial charge in [-0.3, -0.25) is 0 Å². The third-order valence-corrected chi connectivity index (χ3v) is 2.70. The Morgan fingerprint density at radius 2 is 1.62 bits per heavy atom. The van der Waals surface area contributed by atoms with Crippen molar-refractivity contribution in [2.75, 3.05) is 0 Å². The van der Waals surface area contributed by atoms with E-state index in [9.17, 15) is 13.2 Å². The first-order valence-electron chi connectivity index (χ1n) is 4.73. The molecule has 0 radical (unpaired) electrons. The van der Waals surface area contributed by atoms with Gasteiger partial charge in [0, 0.05) is 0 Å². The van der Waals surface area contributed by atoms with Crippen LogP contribution in [0.5, 0.6) is 0 Å². The Bertz CT molecular complexity index is 173. The van der Waals surface area contributed by atoms with Gasteiger partial charge in [0.15, 0.2) is 0 Å². The van der Waals surface area contributed by atoms with Gasteiger partial charge in [0.1, 0.15) is 0 Å². The summed E-state index contributed by atoms with van der Waals surface area (Å²) in [5.74, 6) is -0.669. The SMILES string of the molecule is CC=CC1CCC(C(F)(F)F)CC1. The fourth-order valence-corrected chi connectivity index (χ4v) is 1.91. The molecule has 1 fully saturated rings. The van der Waals surface area contributed by atoms with Crippen LogP contribution in [0.25, 0.3) is 0 Å². The van der Waals surface area contributed by atoms with Crippen molar-refractivity contribution in [3.63, 3.8) is 0 Å². The molecule has 1 saturated carbocycles. The second-order valence-corrected chi connectivity index (χ2v) is 3.68. The standard InChI is InChI=1S/C10H15F3/c1-2-3-8-4-6-9(7-5-8)10(11,12)13/h2-3,8-9H,4-7H2,1H3. The first-order valence-corrected chi connectivity index (χ1v) is 4.73. The van der Waals surface area contributed by atoms with E-state index in [0.29, 0.717) is 31.6 Å². The molecule has 0 bridgehead atoms. The molecule has 0 spiro atoms. The number of halogens is 3. The van der Waals surface area contributed by atoms with Crippen LogP contribution in [-0.2, 0) is 0 Å². The fraction of sp³-hybridized carbons (Fsp3) is 0.800. The van der Waals surface area contributed by atoms with Crippen LogP contribution >= 0.6 is 0 Å². The summed E-state index contributed by atoms with van der Waals surface area (Å²) in [6.45, 7) is 1.91. The third kappa shape index (κ3) is 3.05. The van der Waals surface area contributed by atoms with Crippen molar-refractivity contribution in [3.05, 3.63) is 12.2 Å². The minimum absolute atomic E-state index is 0.304. The quantitative estimate of drug-likeness (QED) is 0.552. The van der Waals surface area contributed by atoms with Gasteiger partial charge in [0.25, 0.3) is 0 Å². The molecule has 0 nitrogen and oxygen atoms in total. The van der Waals surface area contributed by atoms with Crippen molar-refractivity contribution in [3.8, 4) is 0 Å². The van der Waals surface area contributed by atoms with Crippen LogP contribution in [-0.4, -0.2) is 6.18 Å². The van der Waals surface area contributed by atoms with Gasteiger partial charge in [-0.25, -0.2) is 0 Å². The fourth-order valence-electron chi connectivity index (χ4n) is 1.91. The van der Waals surface area contributed by atoms with Gasteiger partial charge in [0.05, 0.1) is 5.92 Å². The highest BCUT2D eigenvalue weighted by Crippen LogP contribution is 2.39. The van der Waals surface area contributed by atoms with E-state index < -0.39 is 12.1 Å². The number of alkyl halides is 3. The highest BCUT2D eigenvalue weighted by Gasteiger charge is 2.40. The van der Waals surface area contributed by atoms with Gasteiger partial charge in [-0.15, -0.1) is 0 Å². The molecule has 1 aliphatic rings. The molecule has 1 aliphatic carbocycles. The van der Waals surface area contributed by atoms with Gasteiger partial charge in [0.2, 0.25) is 0 Å². The van der Waals surface area contributed by atoms with Gasteiger partial charge in [-0.2, -0.15) is 13.2 Å². The monoisotopic (exact) mass is 192 g/mol. The molecule has 0 saturated heterocycles. The van der Waals surface area contributed by atoms with Crippen LogP contribution in [0.3, 0.4) is 0 Å². The molecule has 3 heteroatoms. The highest BCUT2D eigenvalue weighted by atomic mass is 19.4. The average Bonchev–Trinajstić information content (AvgIpc) is 2.04. The number of rotatable bonds is 1. The number of hydrogen-bond acceptors (Lipinski definition) is 0. The first kappa shape index (κ1) is 10.6. The molecule has 0 heterocycles. The molecule has 0 amide bonds. The molecule has 0 aromatic carbocycles. The second kappa shape index (κ2) is 4.16. The summed E-state index contributed by atoms with van der Waals surface area (Å²) in [6.07, 6.45) is 1.96. The van der Waals surface area contributed by atoms with Crippen molar-refractivity contribution in [2.45, 2.75) is 38.8 Å². The maximum absolute atomic E-state index is 12.2. The van der Waals surface area contributed by atoms with E-state index >= 15 is 0 Å². The van der Waals surface area contributed by atoms with Crippen LogP contribution in [0.4, 0.5) is 13.2 Å². The first-order chi connectivity index (χ1) is 6.04. The summed E-state index contributed by atoms with van der Waals surface area (Å²) >= 11 is 0. The molecular formula is C10H15F3. The smallest absolute Gasteiger partial charge is 0.171 e. The third-order valence-electron chi connectivity index (χ3n) is 2.70. The lowest BCUT2D eigenvalue weighted by molar-refractivity contribution is -0.183. The van der Waals surface area contributed by atoms with Gasteiger partial charge < -0.3 is 0 Å². The summed E-state index contributed by atoms with van der Waals surface area (Å²) in [6, 6.07) is 0. The summed E-state index contributed by atoms with van der Waals surface area (Å²) in [5.41, 5.74) is 0. The Morgan fingerprint density at radius 1 is 1.08 bits per heavy atom. The zero-order valence-electron chi connectivity index (χ0n) is 7.77. The molecule has 0 aromatic rings. The summed E-state index contributed by atoms with van der Waals surface area (Å²) in [7, 11) is 0. The molecule has 0 atom stereocenters. The van der Waals surface area contributed by atoms with Gasteiger partial charge in [-0.1, -0.05) is 12.2 Å². The van der Waals surface area contributed by atoms with Gasteiger partial charge in [-0.05, 0) is 38.5 Å². The van der Waals surface area contributed by atoms with Crippen LogP contribution < -0.4 is 0 Å². The molecular weight excluding hydrogens is 177 g/mol. The summed E-state index contributed by atoms with van der Waals surface area (Å²) in [5, 5.41) is 0. The van der Waals surface area contributed by atoms with Crippen molar-refractivity contribution < 1.29 is 13.2 Å². The minimum Gasteiger partial charge on any atom is -0.171 e. The zero-order chi connectivity index (χ0) is 9.90. The lowest BCUT2D eigenvalue weighted by atomic mass is 9.81. The number of allylic oxidation sites excluding steroid dienone is 2. The Hall–Kier alpha value is -0.470. The van der Waals surface area contributed by atoms with Crippen molar-refractivity contribution in [1.29, 1.82) is 0 Å². The zero-order valence-corrected chi connectivity index (χ0v) is 7.77. The molecule has 0 unspecified atom stereocenters. The largest absolute Gasteiger partial charge is 0.391 e. The van der Waals surface area contributed by atoms with Crippen molar-refractivity contribution in [2.24, 2.45) is 11.8 Å². The highest BCUT2D eigenvalue weighted by molar-refractivity contribution is 4.89.